The van der Waals surface area contributed by atoms with Gasteiger partial charge in [0.2, 0.25) is 11.7 Å². The number of nitrogens with one attached hydrogen (secondary N) is 1. The molecule has 5 nitrogen and oxygen atoms in total. The van der Waals surface area contributed by atoms with Gasteiger partial charge in [0.05, 0.1) is 0 Å². The van der Waals surface area contributed by atoms with E-state index >= 15 is 0 Å². The van der Waals surface area contributed by atoms with Crippen LogP contribution in [0.4, 0.5) is 27.9 Å². The average Bonchev–Trinajstić information content (AvgIpc) is 2.35. The molecule has 0 saturated heterocycles. The van der Waals surface area contributed by atoms with Gasteiger partial charge in [-0.05, 0) is 12.1 Å². The molecule has 112 valence electrons. The molecule has 1 aromatic heterocycles. The summed E-state index contributed by atoms with van der Waals surface area (Å²) in [5.41, 5.74) is 2.05. The van der Waals surface area contributed by atoms with Crippen LogP contribution in [0, 0.1) is 11.6 Å². The monoisotopic (exact) mass is 307 g/mol. The SMILES string of the molecule is Nc1nc(C(F)(F)F)c(Oc2ccc(F)c(F)c2)c(=O)[nH]1. The fourth-order valence-electron chi connectivity index (χ4n) is 1.42. The van der Waals surface area contributed by atoms with Gasteiger partial charge in [0.25, 0.3) is 5.56 Å². The lowest BCUT2D eigenvalue weighted by Crippen LogP contribution is -2.21. The highest BCUT2D eigenvalue weighted by molar-refractivity contribution is 5.37. The Hall–Kier alpha value is -2.65. The average molecular weight is 307 g/mol. The molecule has 1 heterocycles. The molecule has 0 atom stereocenters. The maximum absolute atomic E-state index is 13.0. The standard InChI is InChI=1S/C11H6F5N3O2/c12-5-2-1-4(3-6(5)13)21-7-8(11(14,15)16)18-10(17)19-9(7)20/h1-3H,(H3,17,18,19,20). The van der Waals surface area contributed by atoms with Crippen molar-refractivity contribution in [2.45, 2.75) is 6.18 Å². The molecule has 0 amide bonds. The number of hydrogen-bond donors (Lipinski definition) is 2. The van der Waals surface area contributed by atoms with E-state index in [1.807, 2.05) is 4.98 Å². The molecule has 10 heteroatoms. The topological polar surface area (TPSA) is 81.0 Å². The van der Waals surface area contributed by atoms with E-state index in [-0.39, 0.29) is 0 Å². The number of H-pyrrole nitrogens is 1. The maximum atomic E-state index is 13.0. The van der Waals surface area contributed by atoms with Gasteiger partial charge in [0, 0.05) is 6.07 Å². The summed E-state index contributed by atoms with van der Waals surface area (Å²) in [5.74, 6) is -5.05. The van der Waals surface area contributed by atoms with Crippen molar-refractivity contribution in [1.82, 2.24) is 9.97 Å². The number of nitrogen functional groups attached to an aromatic ring is 1. The van der Waals surface area contributed by atoms with Gasteiger partial charge >= 0.3 is 6.18 Å². The van der Waals surface area contributed by atoms with E-state index < -0.39 is 46.5 Å². The molecule has 0 radical (unpaired) electrons. The van der Waals surface area contributed by atoms with E-state index in [4.69, 9.17) is 5.73 Å². The van der Waals surface area contributed by atoms with Crippen molar-refractivity contribution in [2.75, 3.05) is 5.73 Å². The van der Waals surface area contributed by atoms with Gasteiger partial charge in [-0.15, -0.1) is 0 Å². The Balaban J connectivity index is 2.53. The molecule has 0 spiro atoms. The number of nitrogens with two attached hydrogens (primary N) is 1. The highest BCUT2D eigenvalue weighted by Gasteiger charge is 2.38. The van der Waals surface area contributed by atoms with E-state index in [0.29, 0.717) is 12.1 Å². The summed E-state index contributed by atoms with van der Waals surface area (Å²) in [6.45, 7) is 0. The molecule has 2 aromatic rings. The molecule has 0 saturated carbocycles. The van der Waals surface area contributed by atoms with E-state index in [2.05, 4.69) is 9.72 Å². The van der Waals surface area contributed by atoms with Crippen molar-refractivity contribution in [3.8, 4) is 11.5 Å². The van der Waals surface area contributed by atoms with Crippen LogP contribution >= 0.6 is 0 Å². The minimum atomic E-state index is -5.02. The minimum Gasteiger partial charge on any atom is -0.449 e. The summed E-state index contributed by atoms with van der Waals surface area (Å²) in [4.78, 5) is 16.3. The maximum Gasteiger partial charge on any atom is 0.437 e. The van der Waals surface area contributed by atoms with Crippen LogP contribution < -0.4 is 16.0 Å². The smallest absolute Gasteiger partial charge is 0.437 e. The number of ether oxygens (including phenoxy) is 1. The number of rotatable bonds is 2. The molecule has 2 rings (SSSR count). The first-order valence-electron chi connectivity index (χ1n) is 5.28. The predicted octanol–water partition coefficient (Wildman–Crippen LogP) is 2.44. The van der Waals surface area contributed by atoms with Gasteiger partial charge in [-0.1, -0.05) is 0 Å². The second kappa shape index (κ2) is 5.04. The highest BCUT2D eigenvalue weighted by atomic mass is 19.4. The normalized spacial score (nSPS) is 11.5. The van der Waals surface area contributed by atoms with Crippen LogP contribution in [0.25, 0.3) is 0 Å². The lowest BCUT2D eigenvalue weighted by molar-refractivity contribution is -0.142. The third kappa shape index (κ3) is 3.09. The Morgan fingerprint density at radius 3 is 2.43 bits per heavy atom. The summed E-state index contributed by atoms with van der Waals surface area (Å²) in [7, 11) is 0. The van der Waals surface area contributed by atoms with Crippen LogP contribution in [-0.4, -0.2) is 9.97 Å². The van der Waals surface area contributed by atoms with Crippen LogP contribution in [0.5, 0.6) is 11.5 Å². The number of anilines is 1. The quantitative estimate of drug-likeness (QED) is 0.835. The predicted molar refractivity (Wildman–Crippen MR) is 60.7 cm³/mol. The first-order chi connectivity index (χ1) is 9.68. The Morgan fingerprint density at radius 1 is 1.19 bits per heavy atom. The number of aromatic nitrogens is 2. The zero-order valence-corrected chi connectivity index (χ0v) is 9.96. The molecule has 3 N–H and O–H groups in total. The fourth-order valence-corrected chi connectivity index (χ4v) is 1.42. The summed E-state index contributed by atoms with van der Waals surface area (Å²) in [5, 5.41) is 0. The third-order valence-electron chi connectivity index (χ3n) is 2.27. The van der Waals surface area contributed by atoms with E-state index in [1.165, 1.54) is 0 Å². The largest absolute Gasteiger partial charge is 0.449 e. The number of halogens is 5. The zero-order chi connectivity index (χ0) is 15.8. The van der Waals surface area contributed by atoms with Gasteiger partial charge in [-0.2, -0.15) is 13.2 Å². The molecule has 1 aromatic carbocycles. The van der Waals surface area contributed by atoms with Crippen LogP contribution in [0.1, 0.15) is 5.69 Å². The van der Waals surface area contributed by atoms with E-state index in [0.717, 1.165) is 6.07 Å². The zero-order valence-electron chi connectivity index (χ0n) is 9.96. The minimum absolute atomic E-state index is 0.491. The van der Waals surface area contributed by atoms with Gasteiger partial charge in [-0.3, -0.25) is 9.78 Å². The Morgan fingerprint density at radius 2 is 1.86 bits per heavy atom. The molecule has 0 aliphatic rings. The highest BCUT2D eigenvalue weighted by Crippen LogP contribution is 2.34. The van der Waals surface area contributed by atoms with Crippen LogP contribution in [0.15, 0.2) is 23.0 Å². The molecule has 0 aliphatic carbocycles. The summed E-state index contributed by atoms with van der Waals surface area (Å²) < 4.78 is 68.7. The van der Waals surface area contributed by atoms with Crippen LogP contribution in [0.2, 0.25) is 0 Å². The molecule has 0 bridgehead atoms. The number of aromatic amines is 1. The Bertz CT molecular complexity index is 742. The summed E-state index contributed by atoms with van der Waals surface area (Å²) in [6.07, 6.45) is -5.02. The van der Waals surface area contributed by atoms with Crippen molar-refractivity contribution in [3.05, 3.63) is 45.9 Å². The third-order valence-corrected chi connectivity index (χ3v) is 2.27. The van der Waals surface area contributed by atoms with Gasteiger partial charge in [0.1, 0.15) is 5.75 Å². The van der Waals surface area contributed by atoms with Crippen molar-refractivity contribution < 1.29 is 26.7 Å². The van der Waals surface area contributed by atoms with E-state index in [1.54, 1.807) is 0 Å². The Kier molecular flexibility index (Phi) is 3.54. The van der Waals surface area contributed by atoms with Gasteiger partial charge in [-0.25, -0.2) is 13.8 Å². The summed E-state index contributed by atoms with van der Waals surface area (Å²) >= 11 is 0. The molecular formula is C11H6F5N3O2. The number of alkyl halides is 3. The number of hydrogen-bond acceptors (Lipinski definition) is 4. The van der Waals surface area contributed by atoms with Crippen molar-refractivity contribution in [1.29, 1.82) is 0 Å². The first kappa shape index (κ1) is 14.8. The summed E-state index contributed by atoms with van der Waals surface area (Å²) in [6, 6.07) is 1.98. The van der Waals surface area contributed by atoms with Crippen LogP contribution in [-0.2, 0) is 6.18 Å². The Labute approximate surface area is 113 Å². The molecule has 21 heavy (non-hydrogen) atoms. The van der Waals surface area contributed by atoms with Crippen molar-refractivity contribution >= 4 is 5.95 Å². The van der Waals surface area contributed by atoms with Crippen molar-refractivity contribution in [2.24, 2.45) is 0 Å². The number of benzene rings is 1. The molecule has 0 unspecified atom stereocenters. The fraction of sp³-hybridized carbons (Fsp3) is 0.0909. The van der Waals surface area contributed by atoms with E-state index in [9.17, 15) is 26.7 Å². The molecular weight excluding hydrogens is 301 g/mol. The second-order valence-corrected chi connectivity index (χ2v) is 3.80. The number of nitrogens with zero attached hydrogens (tertiary/aromatic N) is 1. The molecule has 0 fully saturated rings. The van der Waals surface area contributed by atoms with Crippen LogP contribution in [0.3, 0.4) is 0 Å². The molecule has 0 aliphatic heterocycles. The lowest BCUT2D eigenvalue weighted by atomic mass is 10.3. The lowest BCUT2D eigenvalue weighted by Gasteiger charge is -2.12. The van der Waals surface area contributed by atoms with Gasteiger partial charge < -0.3 is 10.5 Å². The first-order valence-corrected chi connectivity index (χ1v) is 5.28. The van der Waals surface area contributed by atoms with Gasteiger partial charge in [0.15, 0.2) is 17.3 Å². The van der Waals surface area contributed by atoms with Crippen molar-refractivity contribution in [3.63, 3.8) is 0 Å². The second-order valence-electron chi connectivity index (χ2n) is 3.80.